The molecule has 0 spiro atoms. The summed E-state index contributed by atoms with van der Waals surface area (Å²) in [7, 11) is 0. The molecular weight excluding hydrogens is 511 g/mol. The number of fused-ring (bicyclic) bond motifs is 1. The van der Waals surface area contributed by atoms with E-state index in [0.717, 1.165) is 6.20 Å². The molecule has 0 saturated heterocycles. The Morgan fingerprint density at radius 3 is 2.33 bits per heavy atom. The van der Waals surface area contributed by atoms with Crippen LogP contribution in [0.1, 0.15) is 34.5 Å². The third-order valence-corrected chi connectivity index (χ3v) is 6.51. The molecule has 5 rings (SSSR count). The lowest BCUT2D eigenvalue weighted by Gasteiger charge is -2.25. The Labute approximate surface area is 227 Å². The molecule has 5 aromatic rings. The number of nitrogens with zero attached hydrogens (tertiary/aromatic N) is 4. The minimum Gasteiger partial charge on any atom is -0.382 e. The summed E-state index contributed by atoms with van der Waals surface area (Å²) in [5, 5.41) is 12.9. The van der Waals surface area contributed by atoms with Gasteiger partial charge >= 0.3 is 0 Å². The lowest BCUT2D eigenvalue weighted by Crippen LogP contribution is -2.23. The molecule has 0 aliphatic carbocycles. The van der Waals surface area contributed by atoms with Gasteiger partial charge < -0.3 is 22.5 Å². The molecule has 1 atom stereocenters. The fourth-order valence-corrected chi connectivity index (χ4v) is 4.75. The maximum Gasteiger partial charge on any atom is 0.263 e. The fourth-order valence-electron chi connectivity index (χ4n) is 4.75. The highest BCUT2D eigenvalue weighted by Gasteiger charge is 2.26. The van der Waals surface area contributed by atoms with Crippen LogP contribution < -0.4 is 28.1 Å². The molecule has 40 heavy (non-hydrogen) atoms. The first-order chi connectivity index (χ1) is 19.2. The van der Waals surface area contributed by atoms with Crippen LogP contribution in [0, 0.1) is 17.1 Å². The summed E-state index contributed by atoms with van der Waals surface area (Å²) in [6.07, 6.45) is 1.13. The van der Waals surface area contributed by atoms with Gasteiger partial charge in [-0.25, -0.2) is 4.39 Å². The van der Waals surface area contributed by atoms with Crippen molar-refractivity contribution in [2.75, 3.05) is 16.8 Å². The Balaban J connectivity index is 1.87. The van der Waals surface area contributed by atoms with Crippen LogP contribution in [0.25, 0.3) is 27.8 Å². The summed E-state index contributed by atoms with van der Waals surface area (Å²) in [6.45, 7) is 1.79. The zero-order valence-corrected chi connectivity index (χ0v) is 21.2. The van der Waals surface area contributed by atoms with E-state index in [0.29, 0.717) is 38.9 Å². The lowest BCUT2D eigenvalue weighted by molar-refractivity contribution is 0.100. The minimum atomic E-state index is -0.662. The number of anilines is 3. The van der Waals surface area contributed by atoms with Crippen LogP contribution in [0.2, 0.25) is 0 Å². The number of hydrogen-bond donors (Lipinski definition) is 4. The van der Waals surface area contributed by atoms with E-state index >= 15 is 0 Å². The van der Waals surface area contributed by atoms with Crippen molar-refractivity contribution in [1.29, 1.82) is 5.26 Å². The van der Waals surface area contributed by atoms with Crippen molar-refractivity contribution in [3.8, 4) is 28.3 Å². The zero-order chi connectivity index (χ0) is 28.6. The van der Waals surface area contributed by atoms with Gasteiger partial charge in [-0.2, -0.15) is 15.2 Å². The van der Waals surface area contributed by atoms with Crippen molar-refractivity contribution in [3.05, 3.63) is 106 Å². The summed E-state index contributed by atoms with van der Waals surface area (Å²) < 4.78 is 15.7. The molecule has 0 radical (unpaired) electrons. The van der Waals surface area contributed by atoms with Crippen molar-refractivity contribution >= 4 is 29.0 Å². The molecule has 10 nitrogen and oxygen atoms in total. The molecule has 0 aliphatic rings. The molecule has 3 aromatic heterocycles. The Morgan fingerprint density at radius 2 is 1.68 bits per heavy atom. The lowest BCUT2D eigenvalue weighted by atomic mass is 9.88. The van der Waals surface area contributed by atoms with E-state index in [4.69, 9.17) is 17.2 Å². The van der Waals surface area contributed by atoms with Gasteiger partial charge in [-0.15, -0.1) is 0 Å². The number of rotatable bonds is 6. The second kappa shape index (κ2) is 10.2. The SMILES string of the molecule is CC(Nc1nc(N)nc(N)c1C#N)c1c(-c2ccccc2)c(=O)n2cc(F)ccc2c1-c1ccc(C(N)=O)cc1. The second-order valence-corrected chi connectivity index (χ2v) is 9.05. The largest absolute Gasteiger partial charge is 0.382 e. The van der Waals surface area contributed by atoms with Crippen LogP contribution >= 0.6 is 0 Å². The van der Waals surface area contributed by atoms with Gasteiger partial charge in [0.25, 0.3) is 5.56 Å². The van der Waals surface area contributed by atoms with Crippen molar-refractivity contribution in [2.24, 2.45) is 5.73 Å². The van der Waals surface area contributed by atoms with E-state index in [2.05, 4.69) is 15.3 Å². The molecule has 0 bridgehead atoms. The van der Waals surface area contributed by atoms with Crippen molar-refractivity contribution in [3.63, 3.8) is 0 Å². The smallest absolute Gasteiger partial charge is 0.263 e. The van der Waals surface area contributed by atoms with Crippen LogP contribution in [0.15, 0.2) is 77.7 Å². The Hall–Kier alpha value is -5.76. The van der Waals surface area contributed by atoms with Gasteiger partial charge in [0, 0.05) is 17.3 Å². The molecule has 7 N–H and O–H groups in total. The number of pyridine rings is 2. The maximum atomic E-state index is 14.4. The molecule has 2 aromatic carbocycles. The molecule has 1 amide bonds. The van der Waals surface area contributed by atoms with Crippen molar-refractivity contribution in [2.45, 2.75) is 13.0 Å². The summed E-state index contributed by atoms with van der Waals surface area (Å²) in [6, 6.07) is 19.6. The minimum absolute atomic E-state index is 0.00532. The predicted octanol–water partition coefficient (Wildman–Crippen LogP) is 3.87. The van der Waals surface area contributed by atoms with Crippen molar-refractivity contribution in [1.82, 2.24) is 14.4 Å². The molecule has 0 saturated carbocycles. The monoisotopic (exact) mass is 534 g/mol. The van der Waals surface area contributed by atoms with Gasteiger partial charge in [-0.3, -0.25) is 14.0 Å². The second-order valence-electron chi connectivity index (χ2n) is 9.05. The Bertz CT molecular complexity index is 1880. The van der Waals surface area contributed by atoms with Gasteiger partial charge in [-0.05, 0) is 47.9 Å². The molecule has 0 aliphatic heterocycles. The standard InChI is InChI=1S/C29H23FN8O2/c1-15(35-27-20(13-31)25(32)36-29(34)37-27)22-23(17-7-9-18(10-8-17)26(33)39)21-12-11-19(30)14-38(21)28(40)24(22)16-5-3-2-4-6-16/h2-12,14-15H,1H3,(H2,33,39)(H5,32,34,35,36,37). The highest BCUT2D eigenvalue weighted by Crippen LogP contribution is 2.39. The topological polar surface area (TPSA) is 178 Å². The number of nitrogens with one attached hydrogen (secondary N) is 1. The molecule has 1 unspecified atom stereocenters. The summed E-state index contributed by atoms with van der Waals surface area (Å²) >= 11 is 0. The number of carbonyl (C=O) groups excluding carboxylic acids is 1. The van der Waals surface area contributed by atoms with E-state index < -0.39 is 23.3 Å². The summed E-state index contributed by atoms with van der Waals surface area (Å²) in [5.41, 5.74) is 20.1. The highest BCUT2D eigenvalue weighted by atomic mass is 19.1. The maximum absolute atomic E-state index is 14.4. The molecule has 198 valence electrons. The first-order valence-electron chi connectivity index (χ1n) is 12.1. The normalized spacial score (nSPS) is 11.6. The number of hydrogen-bond acceptors (Lipinski definition) is 8. The van der Waals surface area contributed by atoms with Gasteiger partial charge in [0.15, 0.2) is 5.82 Å². The number of benzene rings is 2. The number of nitriles is 1. The molecule has 11 heteroatoms. The predicted molar refractivity (Wildman–Crippen MR) is 151 cm³/mol. The number of aromatic nitrogens is 3. The average molecular weight is 535 g/mol. The number of amides is 1. The zero-order valence-electron chi connectivity index (χ0n) is 21.2. The third-order valence-electron chi connectivity index (χ3n) is 6.51. The third kappa shape index (κ3) is 4.54. The van der Waals surface area contributed by atoms with Crippen LogP contribution in [-0.2, 0) is 0 Å². The van der Waals surface area contributed by atoms with Crippen LogP contribution in [0.3, 0.4) is 0 Å². The quantitative estimate of drug-likeness (QED) is 0.253. The summed E-state index contributed by atoms with van der Waals surface area (Å²) in [5.74, 6) is -1.32. The van der Waals surface area contributed by atoms with Crippen molar-refractivity contribution < 1.29 is 9.18 Å². The van der Waals surface area contributed by atoms with Crippen LogP contribution in [0.5, 0.6) is 0 Å². The number of nitrogen functional groups attached to an aromatic ring is 2. The molecule has 0 fully saturated rings. The van der Waals surface area contributed by atoms with E-state index in [1.807, 2.05) is 12.1 Å². The number of carbonyl (C=O) groups is 1. The fraction of sp³-hybridized carbons (Fsp3) is 0.0690. The number of nitrogens with two attached hydrogens (primary N) is 3. The first kappa shape index (κ1) is 25.9. The van der Waals surface area contributed by atoms with E-state index in [9.17, 15) is 19.2 Å². The first-order valence-corrected chi connectivity index (χ1v) is 12.1. The van der Waals surface area contributed by atoms with Crippen LogP contribution in [0.4, 0.5) is 22.0 Å². The van der Waals surface area contributed by atoms with Gasteiger partial charge in [0.05, 0.1) is 17.1 Å². The van der Waals surface area contributed by atoms with Crippen LogP contribution in [-0.4, -0.2) is 20.3 Å². The van der Waals surface area contributed by atoms with Gasteiger partial charge in [0.2, 0.25) is 11.9 Å². The van der Waals surface area contributed by atoms with E-state index in [1.54, 1.807) is 55.5 Å². The number of primary amides is 1. The van der Waals surface area contributed by atoms with Gasteiger partial charge in [0.1, 0.15) is 23.3 Å². The summed E-state index contributed by atoms with van der Waals surface area (Å²) in [4.78, 5) is 33.8. The van der Waals surface area contributed by atoms with Gasteiger partial charge in [-0.1, -0.05) is 42.5 Å². The van der Waals surface area contributed by atoms with E-state index in [-0.39, 0.29) is 23.1 Å². The highest BCUT2D eigenvalue weighted by molar-refractivity contribution is 5.95. The number of halogens is 1. The molecular formula is C29H23FN8O2. The Kier molecular flexibility index (Phi) is 6.59. The molecule has 3 heterocycles. The van der Waals surface area contributed by atoms with E-state index in [1.165, 1.54) is 16.5 Å². The Morgan fingerprint density at radius 1 is 1.00 bits per heavy atom. The average Bonchev–Trinajstić information content (AvgIpc) is 2.93.